The van der Waals surface area contributed by atoms with Crippen molar-refractivity contribution >= 4 is 15.9 Å². The van der Waals surface area contributed by atoms with Crippen LogP contribution in [0.15, 0.2) is 41.0 Å². The van der Waals surface area contributed by atoms with E-state index < -0.39 is 16.3 Å². The number of likely N-dealkylation sites (N-methyl/N-ethyl adjacent to an activating group) is 1. The molecule has 0 radical (unpaired) electrons. The average Bonchev–Trinajstić information content (AvgIpc) is 2.83. The zero-order chi connectivity index (χ0) is 24.7. The quantitative estimate of drug-likeness (QED) is 0.504. The highest BCUT2D eigenvalue weighted by atomic mass is 32.2. The fourth-order valence-corrected chi connectivity index (χ4v) is 5.31. The van der Waals surface area contributed by atoms with Crippen molar-refractivity contribution in [1.82, 2.24) is 14.1 Å². The Morgan fingerprint density at radius 1 is 1.18 bits per heavy atom. The summed E-state index contributed by atoms with van der Waals surface area (Å²) in [5.41, 5.74) is 0. The number of amides is 1. The monoisotopic (exact) mass is 497 g/mol. The van der Waals surface area contributed by atoms with E-state index in [4.69, 9.17) is 14.2 Å². The van der Waals surface area contributed by atoms with Crippen LogP contribution in [0.1, 0.15) is 13.3 Å². The highest BCUT2D eigenvalue weighted by Crippen LogP contribution is 2.25. The number of hydrogen-bond donors (Lipinski definition) is 1. The van der Waals surface area contributed by atoms with E-state index in [9.17, 15) is 18.3 Å². The van der Waals surface area contributed by atoms with Crippen LogP contribution in [0.3, 0.4) is 0 Å². The zero-order valence-electron chi connectivity index (χ0n) is 20.1. The van der Waals surface area contributed by atoms with Crippen molar-refractivity contribution < 1.29 is 32.5 Å². The molecule has 10 nitrogen and oxygen atoms in total. The predicted octanol–water partition coefficient (Wildman–Crippen LogP) is 0.735. The largest absolute Gasteiger partial charge is 0.497 e. The third-order valence-corrected chi connectivity index (χ3v) is 7.86. The van der Waals surface area contributed by atoms with Gasteiger partial charge < -0.3 is 29.1 Å². The molecule has 3 rings (SSSR count). The number of allylic oxidation sites excluding steroid dienone is 1. The number of carbonyl (C=O) groups excluding carboxylic acids is 1. The van der Waals surface area contributed by atoms with E-state index in [0.717, 1.165) is 13.1 Å². The molecule has 190 valence electrons. The number of ether oxygens (including phenoxy) is 3. The molecular weight excluding hydrogens is 462 g/mol. The molecule has 1 aromatic carbocycles. The first kappa shape index (κ1) is 26.4. The van der Waals surface area contributed by atoms with Gasteiger partial charge in [-0.1, -0.05) is 6.92 Å². The van der Waals surface area contributed by atoms with Gasteiger partial charge in [-0.25, -0.2) is 8.42 Å². The number of methoxy groups -OCH3 is 1. The molecule has 0 unspecified atom stereocenters. The summed E-state index contributed by atoms with van der Waals surface area (Å²) >= 11 is 0. The van der Waals surface area contributed by atoms with Gasteiger partial charge in [-0.05, 0) is 43.3 Å². The van der Waals surface area contributed by atoms with E-state index >= 15 is 0 Å². The molecule has 1 aromatic rings. The number of hydrogen-bond acceptors (Lipinski definition) is 8. The summed E-state index contributed by atoms with van der Waals surface area (Å²) in [5, 5.41) is 9.40. The molecule has 2 atom stereocenters. The summed E-state index contributed by atoms with van der Waals surface area (Å²) in [7, 11) is -0.291. The van der Waals surface area contributed by atoms with E-state index in [0.29, 0.717) is 25.3 Å². The minimum atomic E-state index is -3.82. The van der Waals surface area contributed by atoms with Crippen molar-refractivity contribution in [2.75, 3.05) is 66.6 Å². The van der Waals surface area contributed by atoms with E-state index in [1.807, 2.05) is 20.0 Å². The van der Waals surface area contributed by atoms with Gasteiger partial charge in [-0.15, -0.1) is 0 Å². The lowest BCUT2D eigenvalue weighted by Crippen LogP contribution is -2.48. The first-order valence-corrected chi connectivity index (χ1v) is 12.9. The van der Waals surface area contributed by atoms with E-state index in [-0.39, 0.29) is 48.8 Å². The highest BCUT2D eigenvalue weighted by molar-refractivity contribution is 7.89. The van der Waals surface area contributed by atoms with Crippen molar-refractivity contribution in [3.63, 3.8) is 0 Å². The summed E-state index contributed by atoms with van der Waals surface area (Å²) in [4.78, 5) is 16.9. The summed E-state index contributed by atoms with van der Waals surface area (Å²) in [6.07, 6.45) is 1.74. The molecule has 0 aromatic heterocycles. The van der Waals surface area contributed by atoms with Gasteiger partial charge in [0.15, 0.2) is 5.76 Å². The summed E-state index contributed by atoms with van der Waals surface area (Å²) in [6, 6.07) is 6.07. The first-order valence-electron chi connectivity index (χ1n) is 11.5. The van der Waals surface area contributed by atoms with Crippen LogP contribution in [0.5, 0.6) is 5.75 Å². The topological polar surface area (TPSA) is 109 Å². The Hall–Kier alpha value is -2.18. The SMILES string of the molecule is COc1ccc(S(=O)(=O)N(CCO)CCO[C@@H]2C[C@H](C)C=C(C(=O)N3CCN(C)CC3)O2)cc1. The summed E-state index contributed by atoms with van der Waals surface area (Å²) in [5.74, 6) is 0.778. The predicted molar refractivity (Wildman–Crippen MR) is 126 cm³/mol. The van der Waals surface area contributed by atoms with Crippen LogP contribution in [0.25, 0.3) is 0 Å². The second kappa shape index (κ2) is 12.0. The molecule has 1 N–H and O–H groups in total. The lowest BCUT2D eigenvalue weighted by Gasteiger charge is -2.35. The lowest BCUT2D eigenvalue weighted by atomic mass is 10.0. The molecule has 34 heavy (non-hydrogen) atoms. The molecule has 0 spiro atoms. The smallest absolute Gasteiger partial charge is 0.288 e. The molecule has 11 heteroatoms. The lowest BCUT2D eigenvalue weighted by molar-refractivity contribution is -0.155. The molecule has 0 aliphatic carbocycles. The Kier molecular flexibility index (Phi) is 9.31. The number of nitrogens with zero attached hydrogens (tertiary/aromatic N) is 3. The minimum absolute atomic E-state index is 0.0363. The second-order valence-electron chi connectivity index (χ2n) is 8.56. The molecule has 2 aliphatic rings. The van der Waals surface area contributed by atoms with Gasteiger partial charge in [0.25, 0.3) is 5.91 Å². The maximum Gasteiger partial charge on any atom is 0.288 e. The fourth-order valence-electron chi connectivity index (χ4n) is 3.89. The van der Waals surface area contributed by atoms with E-state index in [1.165, 1.54) is 23.5 Å². The molecule has 1 saturated heterocycles. The van der Waals surface area contributed by atoms with Crippen molar-refractivity contribution in [3.05, 3.63) is 36.1 Å². The van der Waals surface area contributed by atoms with Crippen LogP contribution in [-0.4, -0.2) is 106 Å². The Morgan fingerprint density at radius 3 is 2.47 bits per heavy atom. The van der Waals surface area contributed by atoms with Gasteiger partial charge in [-0.3, -0.25) is 4.79 Å². The first-order chi connectivity index (χ1) is 16.2. The Morgan fingerprint density at radius 2 is 1.85 bits per heavy atom. The third kappa shape index (κ3) is 6.70. The Bertz CT molecular complexity index is 944. The number of aliphatic hydroxyl groups is 1. The molecule has 1 fully saturated rings. The number of aliphatic hydroxyl groups excluding tert-OH is 1. The molecular formula is C23H35N3O7S. The Labute approximate surface area is 201 Å². The number of carbonyl (C=O) groups is 1. The van der Waals surface area contributed by atoms with Crippen molar-refractivity contribution in [2.24, 2.45) is 5.92 Å². The summed E-state index contributed by atoms with van der Waals surface area (Å²) < 4.78 is 44.0. The highest BCUT2D eigenvalue weighted by Gasteiger charge is 2.30. The van der Waals surface area contributed by atoms with Gasteiger partial charge >= 0.3 is 0 Å². The average molecular weight is 498 g/mol. The standard InChI is InChI=1S/C23H35N3O7S/c1-18-16-21(23(28)25-10-8-24(2)9-11-25)33-22(17-18)32-15-13-26(12-14-27)34(29,30)20-6-4-19(31-3)5-7-20/h4-7,16,18,22,27H,8-15,17H2,1-3H3/t18-,22+/m1/s1. The van der Waals surface area contributed by atoms with E-state index in [1.54, 1.807) is 17.0 Å². The third-order valence-electron chi connectivity index (χ3n) is 5.95. The molecule has 1 amide bonds. The fraction of sp³-hybridized carbons (Fsp3) is 0.609. The Balaban J connectivity index is 1.57. The zero-order valence-corrected chi connectivity index (χ0v) is 20.9. The molecule has 2 aliphatic heterocycles. The van der Waals surface area contributed by atoms with Crippen molar-refractivity contribution in [1.29, 1.82) is 0 Å². The van der Waals surface area contributed by atoms with Gasteiger partial charge in [0.1, 0.15) is 5.75 Å². The number of piperazine rings is 1. The molecule has 2 heterocycles. The maximum absolute atomic E-state index is 13.0. The van der Waals surface area contributed by atoms with Gasteiger partial charge in [0.2, 0.25) is 16.3 Å². The summed E-state index contributed by atoms with van der Waals surface area (Å²) in [6.45, 7) is 4.63. The number of benzene rings is 1. The van der Waals surface area contributed by atoms with Crippen LogP contribution in [0.4, 0.5) is 0 Å². The van der Waals surface area contributed by atoms with Gasteiger partial charge in [-0.2, -0.15) is 4.31 Å². The second-order valence-corrected chi connectivity index (χ2v) is 10.5. The van der Waals surface area contributed by atoms with Crippen LogP contribution < -0.4 is 4.74 Å². The number of sulfonamides is 1. The van der Waals surface area contributed by atoms with Gasteiger partial charge in [0, 0.05) is 45.7 Å². The minimum Gasteiger partial charge on any atom is -0.497 e. The van der Waals surface area contributed by atoms with Crippen LogP contribution in [-0.2, 0) is 24.3 Å². The van der Waals surface area contributed by atoms with Crippen LogP contribution >= 0.6 is 0 Å². The maximum atomic E-state index is 13.0. The molecule has 0 saturated carbocycles. The van der Waals surface area contributed by atoms with Crippen molar-refractivity contribution in [3.8, 4) is 5.75 Å². The normalized spacial score (nSPS) is 21.8. The van der Waals surface area contributed by atoms with Crippen LogP contribution in [0, 0.1) is 5.92 Å². The van der Waals surface area contributed by atoms with Gasteiger partial charge in [0.05, 0.1) is 25.2 Å². The van der Waals surface area contributed by atoms with E-state index in [2.05, 4.69) is 4.90 Å². The van der Waals surface area contributed by atoms with Crippen molar-refractivity contribution in [2.45, 2.75) is 24.5 Å². The van der Waals surface area contributed by atoms with Crippen LogP contribution in [0.2, 0.25) is 0 Å². The number of rotatable bonds is 10. The molecule has 0 bridgehead atoms.